The summed E-state index contributed by atoms with van der Waals surface area (Å²) in [5.74, 6) is 2.62. The first-order valence-electron chi connectivity index (χ1n) is 10.5. The standard InChI is InChI=1S/C22H36N4O3.HI/c1-6-29-20-14-17(9-10-19(20)28-5)8-7-12-24-22(23-4)25-18-11-13-26(15-18)21(27)16(2)3;/h9-10,14,16,18H,6-8,11-13,15H2,1-5H3,(H2,23,24,25);1H. The molecule has 0 aliphatic carbocycles. The number of carbonyl (C=O) groups excluding carboxylic acids is 1. The van der Waals surface area contributed by atoms with Gasteiger partial charge in [-0.05, 0) is 43.9 Å². The summed E-state index contributed by atoms with van der Waals surface area (Å²) in [4.78, 5) is 18.4. The molecule has 1 amide bonds. The zero-order valence-corrected chi connectivity index (χ0v) is 21.2. The normalized spacial score (nSPS) is 16.3. The molecule has 0 spiro atoms. The lowest BCUT2D eigenvalue weighted by Crippen LogP contribution is -2.45. The van der Waals surface area contributed by atoms with E-state index in [0.717, 1.165) is 56.4 Å². The Morgan fingerprint density at radius 1 is 1.33 bits per heavy atom. The maximum atomic E-state index is 12.1. The third-order valence-corrected chi connectivity index (χ3v) is 5.02. The van der Waals surface area contributed by atoms with Crippen molar-refractivity contribution in [2.45, 2.75) is 46.1 Å². The van der Waals surface area contributed by atoms with E-state index >= 15 is 0 Å². The van der Waals surface area contributed by atoms with Crippen LogP contribution in [0.4, 0.5) is 0 Å². The lowest BCUT2D eigenvalue weighted by molar-refractivity contribution is -0.133. The molecule has 30 heavy (non-hydrogen) atoms. The number of carbonyl (C=O) groups is 1. The Balaban J connectivity index is 0.00000450. The van der Waals surface area contributed by atoms with Crippen LogP contribution in [-0.4, -0.2) is 63.2 Å². The molecule has 1 unspecified atom stereocenters. The third-order valence-electron chi connectivity index (χ3n) is 5.02. The average molecular weight is 532 g/mol. The second-order valence-electron chi connectivity index (χ2n) is 7.59. The maximum Gasteiger partial charge on any atom is 0.225 e. The van der Waals surface area contributed by atoms with E-state index in [1.807, 2.05) is 37.8 Å². The minimum atomic E-state index is 0. The minimum absolute atomic E-state index is 0. The predicted octanol–water partition coefficient (Wildman–Crippen LogP) is 3.07. The highest BCUT2D eigenvalue weighted by Crippen LogP contribution is 2.28. The summed E-state index contributed by atoms with van der Waals surface area (Å²) < 4.78 is 11.0. The van der Waals surface area contributed by atoms with Crippen LogP contribution < -0.4 is 20.1 Å². The fourth-order valence-electron chi connectivity index (χ4n) is 3.48. The number of aryl methyl sites for hydroxylation is 1. The van der Waals surface area contributed by atoms with Crippen LogP contribution in [-0.2, 0) is 11.2 Å². The first-order chi connectivity index (χ1) is 14.0. The number of nitrogens with zero attached hydrogens (tertiary/aromatic N) is 2. The fourth-order valence-corrected chi connectivity index (χ4v) is 3.48. The summed E-state index contributed by atoms with van der Waals surface area (Å²) in [5, 5.41) is 6.81. The molecule has 1 heterocycles. The number of hydrogen-bond acceptors (Lipinski definition) is 4. The minimum Gasteiger partial charge on any atom is -0.493 e. The molecule has 1 atom stereocenters. The van der Waals surface area contributed by atoms with Gasteiger partial charge < -0.3 is 25.0 Å². The molecule has 0 saturated carbocycles. The van der Waals surface area contributed by atoms with Crippen molar-refractivity contribution in [2.75, 3.05) is 40.4 Å². The highest BCUT2D eigenvalue weighted by atomic mass is 127. The number of guanidine groups is 1. The number of likely N-dealkylation sites (tertiary alicyclic amines) is 1. The van der Waals surface area contributed by atoms with E-state index in [4.69, 9.17) is 9.47 Å². The highest BCUT2D eigenvalue weighted by Gasteiger charge is 2.27. The quantitative estimate of drug-likeness (QED) is 0.221. The zero-order chi connectivity index (χ0) is 21.2. The van der Waals surface area contributed by atoms with E-state index < -0.39 is 0 Å². The van der Waals surface area contributed by atoms with Gasteiger partial charge in [-0.25, -0.2) is 0 Å². The number of methoxy groups -OCH3 is 1. The van der Waals surface area contributed by atoms with Gasteiger partial charge in [0.2, 0.25) is 5.91 Å². The van der Waals surface area contributed by atoms with Crippen LogP contribution in [0.15, 0.2) is 23.2 Å². The van der Waals surface area contributed by atoms with E-state index in [-0.39, 0.29) is 41.8 Å². The number of benzene rings is 1. The zero-order valence-electron chi connectivity index (χ0n) is 18.9. The molecule has 1 saturated heterocycles. The number of nitrogens with one attached hydrogen (secondary N) is 2. The van der Waals surface area contributed by atoms with Crippen molar-refractivity contribution in [2.24, 2.45) is 10.9 Å². The Bertz CT molecular complexity index is 697. The summed E-state index contributed by atoms with van der Waals surface area (Å²) in [6.45, 7) is 8.85. The number of rotatable bonds is 9. The van der Waals surface area contributed by atoms with E-state index in [9.17, 15) is 4.79 Å². The van der Waals surface area contributed by atoms with Crippen LogP contribution in [0.2, 0.25) is 0 Å². The fraction of sp³-hybridized carbons (Fsp3) is 0.636. The summed E-state index contributed by atoms with van der Waals surface area (Å²) >= 11 is 0. The Labute approximate surface area is 198 Å². The molecule has 8 heteroatoms. The van der Waals surface area contributed by atoms with Crippen LogP contribution in [0.5, 0.6) is 11.5 Å². The van der Waals surface area contributed by atoms with Crippen LogP contribution in [0.1, 0.15) is 39.2 Å². The van der Waals surface area contributed by atoms with Crippen LogP contribution >= 0.6 is 24.0 Å². The van der Waals surface area contributed by atoms with Gasteiger partial charge in [0.25, 0.3) is 0 Å². The Kier molecular flexibility index (Phi) is 11.9. The molecule has 1 aliphatic rings. The smallest absolute Gasteiger partial charge is 0.225 e. The largest absolute Gasteiger partial charge is 0.493 e. The van der Waals surface area contributed by atoms with Crippen molar-refractivity contribution in [1.82, 2.24) is 15.5 Å². The molecule has 2 rings (SSSR count). The van der Waals surface area contributed by atoms with Crippen molar-refractivity contribution in [3.63, 3.8) is 0 Å². The summed E-state index contributed by atoms with van der Waals surface area (Å²) in [6, 6.07) is 6.33. The van der Waals surface area contributed by atoms with Crippen LogP contribution in [0, 0.1) is 5.92 Å². The van der Waals surface area contributed by atoms with Crippen LogP contribution in [0.3, 0.4) is 0 Å². The first kappa shape index (κ1) is 26.3. The van der Waals surface area contributed by atoms with E-state index in [1.165, 1.54) is 5.56 Å². The van der Waals surface area contributed by atoms with Crippen LogP contribution in [0.25, 0.3) is 0 Å². The molecule has 7 nitrogen and oxygen atoms in total. The number of halogens is 1. The topological polar surface area (TPSA) is 75.2 Å². The number of aliphatic imine (C=N–C) groups is 1. The Morgan fingerprint density at radius 3 is 2.73 bits per heavy atom. The van der Waals surface area contributed by atoms with Crippen molar-refractivity contribution >= 4 is 35.8 Å². The van der Waals surface area contributed by atoms with Gasteiger partial charge in [0.05, 0.1) is 13.7 Å². The van der Waals surface area contributed by atoms with Gasteiger partial charge >= 0.3 is 0 Å². The first-order valence-corrected chi connectivity index (χ1v) is 10.5. The molecule has 0 aromatic heterocycles. The number of hydrogen-bond donors (Lipinski definition) is 2. The van der Waals surface area contributed by atoms with Gasteiger partial charge in [-0.15, -0.1) is 24.0 Å². The molecule has 170 valence electrons. The van der Waals surface area contributed by atoms with Gasteiger partial charge in [-0.3, -0.25) is 9.79 Å². The molecule has 1 aromatic carbocycles. The SMILES string of the molecule is CCOc1cc(CCCNC(=NC)NC2CCN(C(=O)C(C)C)C2)ccc1OC.I. The molecule has 1 aromatic rings. The van der Waals surface area contributed by atoms with Crippen molar-refractivity contribution in [3.05, 3.63) is 23.8 Å². The van der Waals surface area contributed by atoms with Crippen molar-refractivity contribution in [1.29, 1.82) is 0 Å². The van der Waals surface area contributed by atoms with Crippen molar-refractivity contribution in [3.8, 4) is 11.5 Å². The predicted molar refractivity (Wildman–Crippen MR) is 132 cm³/mol. The Morgan fingerprint density at radius 2 is 2.10 bits per heavy atom. The second-order valence-corrected chi connectivity index (χ2v) is 7.59. The number of amides is 1. The van der Waals surface area contributed by atoms with E-state index in [2.05, 4.69) is 21.7 Å². The third kappa shape index (κ3) is 7.85. The monoisotopic (exact) mass is 532 g/mol. The summed E-state index contributed by atoms with van der Waals surface area (Å²) in [7, 11) is 3.43. The maximum absolute atomic E-state index is 12.1. The molecule has 1 fully saturated rings. The molecule has 0 radical (unpaired) electrons. The van der Waals surface area contributed by atoms with E-state index in [1.54, 1.807) is 14.2 Å². The lowest BCUT2D eigenvalue weighted by Gasteiger charge is -2.20. The Hall–Kier alpha value is -1.71. The van der Waals surface area contributed by atoms with Gasteiger partial charge in [0.1, 0.15) is 0 Å². The summed E-state index contributed by atoms with van der Waals surface area (Å²) in [6.07, 6.45) is 2.86. The molecule has 1 aliphatic heterocycles. The lowest BCUT2D eigenvalue weighted by atomic mass is 10.1. The van der Waals surface area contributed by atoms with Gasteiger partial charge in [-0.2, -0.15) is 0 Å². The van der Waals surface area contributed by atoms with Crippen molar-refractivity contribution < 1.29 is 14.3 Å². The molecule has 0 bridgehead atoms. The van der Waals surface area contributed by atoms with E-state index in [0.29, 0.717) is 6.61 Å². The van der Waals surface area contributed by atoms with Gasteiger partial charge in [-0.1, -0.05) is 19.9 Å². The second kappa shape index (κ2) is 13.6. The summed E-state index contributed by atoms with van der Waals surface area (Å²) in [5.41, 5.74) is 1.22. The average Bonchev–Trinajstić information content (AvgIpc) is 3.18. The molecule has 2 N–H and O–H groups in total. The van der Waals surface area contributed by atoms with Gasteiger partial charge in [0, 0.05) is 38.6 Å². The number of ether oxygens (including phenoxy) is 2. The highest BCUT2D eigenvalue weighted by molar-refractivity contribution is 14.0. The molecular weight excluding hydrogens is 495 g/mol. The van der Waals surface area contributed by atoms with Gasteiger partial charge in [0.15, 0.2) is 17.5 Å². The molecular formula is C22H37IN4O3.